The first kappa shape index (κ1) is 15.4. The Bertz CT molecular complexity index is 601. The Labute approximate surface area is 131 Å². The molecule has 1 unspecified atom stereocenters. The molecule has 0 saturated heterocycles. The summed E-state index contributed by atoms with van der Waals surface area (Å²) in [4.78, 5) is 0. The number of benzene rings is 2. The Kier molecular flexibility index (Phi) is 5.11. The van der Waals surface area contributed by atoms with Crippen LogP contribution in [0, 0.1) is 5.82 Å². The van der Waals surface area contributed by atoms with Crippen LogP contribution >= 0.6 is 34.8 Å². The third-order valence-corrected chi connectivity index (χ3v) is 3.65. The van der Waals surface area contributed by atoms with Crippen LogP contribution in [0.2, 0.25) is 15.1 Å². The van der Waals surface area contributed by atoms with E-state index in [4.69, 9.17) is 34.8 Å². The van der Waals surface area contributed by atoms with Gasteiger partial charge in [-0.25, -0.2) is 4.39 Å². The van der Waals surface area contributed by atoms with Crippen molar-refractivity contribution in [2.24, 2.45) is 0 Å². The second kappa shape index (κ2) is 6.64. The highest BCUT2D eigenvalue weighted by molar-refractivity contribution is 6.34. The fourth-order valence-corrected chi connectivity index (χ4v) is 2.40. The van der Waals surface area contributed by atoms with E-state index in [0.29, 0.717) is 15.6 Å². The van der Waals surface area contributed by atoms with E-state index in [-0.39, 0.29) is 17.3 Å². The normalized spacial score (nSPS) is 12.2. The van der Waals surface area contributed by atoms with E-state index < -0.39 is 11.9 Å². The van der Waals surface area contributed by atoms with Crippen molar-refractivity contribution in [1.29, 1.82) is 0 Å². The third-order valence-electron chi connectivity index (χ3n) is 2.75. The van der Waals surface area contributed by atoms with Crippen molar-refractivity contribution in [2.75, 3.05) is 11.9 Å². The van der Waals surface area contributed by atoms with Gasteiger partial charge in [0.15, 0.2) is 0 Å². The van der Waals surface area contributed by atoms with Crippen LogP contribution in [0.5, 0.6) is 0 Å². The molecular weight excluding hydrogens is 324 g/mol. The molecule has 106 valence electrons. The van der Waals surface area contributed by atoms with Crippen molar-refractivity contribution in [3.8, 4) is 0 Å². The van der Waals surface area contributed by atoms with E-state index >= 15 is 0 Å². The first-order valence-electron chi connectivity index (χ1n) is 5.80. The maximum atomic E-state index is 13.6. The van der Waals surface area contributed by atoms with Crippen LogP contribution in [0.15, 0.2) is 36.4 Å². The molecule has 0 fully saturated rings. The van der Waals surface area contributed by atoms with Gasteiger partial charge in [-0.2, -0.15) is 0 Å². The van der Waals surface area contributed by atoms with Gasteiger partial charge >= 0.3 is 0 Å². The summed E-state index contributed by atoms with van der Waals surface area (Å²) in [6, 6.07) is 9.14. The van der Waals surface area contributed by atoms with Crippen molar-refractivity contribution < 1.29 is 9.50 Å². The summed E-state index contributed by atoms with van der Waals surface area (Å²) in [5.41, 5.74) is 0.616. The smallest absolute Gasteiger partial charge is 0.147 e. The van der Waals surface area contributed by atoms with Crippen molar-refractivity contribution in [3.63, 3.8) is 0 Å². The Hall–Kier alpha value is -1.000. The van der Waals surface area contributed by atoms with E-state index in [1.807, 2.05) is 0 Å². The molecule has 0 spiro atoms. The largest absolute Gasteiger partial charge is 0.387 e. The fraction of sp³-hybridized carbons (Fsp3) is 0.143. The van der Waals surface area contributed by atoms with Gasteiger partial charge in [0.25, 0.3) is 0 Å². The standard InChI is InChI=1S/C14H11Cl3FNO/c15-8-4-5-10(16)9(6-8)13(20)7-19-14-11(17)2-1-3-12(14)18/h1-6,13,19-20H,7H2. The minimum Gasteiger partial charge on any atom is -0.387 e. The van der Waals surface area contributed by atoms with Gasteiger partial charge in [0.1, 0.15) is 5.82 Å². The highest BCUT2D eigenvalue weighted by atomic mass is 35.5. The maximum Gasteiger partial charge on any atom is 0.147 e. The number of para-hydroxylation sites is 1. The van der Waals surface area contributed by atoms with E-state index in [2.05, 4.69) is 5.32 Å². The second-order valence-corrected chi connectivity index (χ2v) is 5.41. The predicted molar refractivity (Wildman–Crippen MR) is 81.3 cm³/mol. The van der Waals surface area contributed by atoms with E-state index in [9.17, 15) is 9.50 Å². The van der Waals surface area contributed by atoms with Crippen molar-refractivity contribution in [3.05, 3.63) is 62.8 Å². The third kappa shape index (κ3) is 3.55. The Morgan fingerprint density at radius 2 is 1.85 bits per heavy atom. The molecule has 0 aromatic heterocycles. The first-order valence-corrected chi connectivity index (χ1v) is 6.93. The molecule has 0 amide bonds. The Morgan fingerprint density at radius 3 is 2.55 bits per heavy atom. The molecule has 2 aromatic carbocycles. The molecule has 0 radical (unpaired) electrons. The first-order chi connectivity index (χ1) is 9.49. The summed E-state index contributed by atoms with van der Waals surface area (Å²) in [6.45, 7) is 0.0563. The molecule has 0 aliphatic carbocycles. The molecule has 1 atom stereocenters. The minimum absolute atomic E-state index is 0.0563. The summed E-state index contributed by atoms with van der Waals surface area (Å²) in [7, 11) is 0. The highest BCUT2D eigenvalue weighted by Crippen LogP contribution is 2.29. The zero-order chi connectivity index (χ0) is 14.7. The van der Waals surface area contributed by atoms with Crippen molar-refractivity contribution >= 4 is 40.5 Å². The minimum atomic E-state index is -0.933. The van der Waals surface area contributed by atoms with Crippen molar-refractivity contribution in [2.45, 2.75) is 6.10 Å². The number of anilines is 1. The van der Waals surface area contributed by atoms with Crippen LogP contribution in [0.1, 0.15) is 11.7 Å². The van der Waals surface area contributed by atoms with Crippen LogP contribution in [0.25, 0.3) is 0 Å². The second-order valence-electron chi connectivity index (χ2n) is 4.16. The lowest BCUT2D eigenvalue weighted by atomic mass is 10.1. The maximum absolute atomic E-state index is 13.6. The summed E-state index contributed by atoms with van der Waals surface area (Å²) in [6.07, 6.45) is -0.933. The monoisotopic (exact) mass is 333 g/mol. The summed E-state index contributed by atoms with van der Waals surface area (Å²) < 4.78 is 13.6. The molecule has 2 rings (SSSR count). The molecule has 0 saturated carbocycles. The van der Waals surface area contributed by atoms with Crippen LogP contribution < -0.4 is 5.32 Å². The number of halogens is 4. The van der Waals surface area contributed by atoms with E-state index in [0.717, 1.165) is 0 Å². The van der Waals surface area contributed by atoms with Gasteiger partial charge in [-0.3, -0.25) is 0 Å². The zero-order valence-electron chi connectivity index (χ0n) is 10.2. The van der Waals surface area contributed by atoms with Gasteiger partial charge in [-0.1, -0.05) is 40.9 Å². The molecule has 0 aliphatic heterocycles. The molecule has 20 heavy (non-hydrogen) atoms. The average Bonchev–Trinajstić information content (AvgIpc) is 2.40. The number of nitrogens with one attached hydrogen (secondary N) is 1. The fourth-order valence-electron chi connectivity index (χ4n) is 1.75. The van der Waals surface area contributed by atoms with Crippen LogP contribution in [-0.4, -0.2) is 11.7 Å². The van der Waals surface area contributed by atoms with Gasteiger partial charge in [-0.05, 0) is 30.3 Å². The molecule has 6 heteroatoms. The quantitative estimate of drug-likeness (QED) is 0.831. The molecule has 0 bridgehead atoms. The number of aliphatic hydroxyl groups excluding tert-OH is 1. The lowest BCUT2D eigenvalue weighted by Crippen LogP contribution is -2.13. The highest BCUT2D eigenvalue weighted by Gasteiger charge is 2.14. The van der Waals surface area contributed by atoms with Gasteiger partial charge in [0.05, 0.1) is 16.8 Å². The van der Waals surface area contributed by atoms with Crippen LogP contribution in [0.4, 0.5) is 10.1 Å². The number of hydrogen-bond acceptors (Lipinski definition) is 2. The van der Waals surface area contributed by atoms with E-state index in [1.54, 1.807) is 24.3 Å². The van der Waals surface area contributed by atoms with Crippen LogP contribution in [-0.2, 0) is 0 Å². The Morgan fingerprint density at radius 1 is 1.10 bits per heavy atom. The van der Waals surface area contributed by atoms with Gasteiger partial charge in [0.2, 0.25) is 0 Å². The molecule has 0 aliphatic rings. The topological polar surface area (TPSA) is 32.3 Å². The van der Waals surface area contributed by atoms with Gasteiger partial charge in [-0.15, -0.1) is 0 Å². The zero-order valence-corrected chi connectivity index (χ0v) is 12.5. The van der Waals surface area contributed by atoms with E-state index in [1.165, 1.54) is 12.1 Å². The lowest BCUT2D eigenvalue weighted by molar-refractivity contribution is 0.191. The molecule has 2 aromatic rings. The predicted octanol–water partition coefficient (Wildman–Crippen LogP) is 4.93. The number of hydrogen-bond donors (Lipinski definition) is 2. The average molecular weight is 335 g/mol. The summed E-state index contributed by atoms with van der Waals surface area (Å²) in [5, 5.41) is 14.0. The Balaban J connectivity index is 2.13. The molecule has 2 N–H and O–H groups in total. The van der Waals surface area contributed by atoms with Crippen molar-refractivity contribution in [1.82, 2.24) is 0 Å². The van der Waals surface area contributed by atoms with Crippen LogP contribution in [0.3, 0.4) is 0 Å². The number of aliphatic hydroxyl groups is 1. The summed E-state index contributed by atoms with van der Waals surface area (Å²) in [5.74, 6) is -0.484. The van der Waals surface area contributed by atoms with Gasteiger partial charge < -0.3 is 10.4 Å². The number of rotatable bonds is 4. The molecule has 0 heterocycles. The lowest BCUT2D eigenvalue weighted by Gasteiger charge is -2.16. The molecular formula is C14H11Cl3FNO. The summed E-state index contributed by atoms with van der Waals surface area (Å²) >= 11 is 17.7. The SMILES string of the molecule is OC(CNc1c(F)cccc1Cl)c1cc(Cl)ccc1Cl. The van der Waals surface area contributed by atoms with Gasteiger partial charge in [0, 0.05) is 22.2 Å². The molecule has 2 nitrogen and oxygen atoms in total.